The van der Waals surface area contributed by atoms with Gasteiger partial charge in [0.25, 0.3) is 0 Å². The largest absolute Gasteiger partial charge is 0.389 e. The number of hydrazine groups is 1. The van der Waals surface area contributed by atoms with E-state index in [1.807, 2.05) is 18.2 Å². The normalized spacial score (nSPS) is 43.6. The first-order chi connectivity index (χ1) is 12.9. The van der Waals surface area contributed by atoms with Crippen LogP contribution in [0, 0.1) is 5.92 Å². The van der Waals surface area contributed by atoms with Gasteiger partial charge in [-0.15, -0.1) is 11.8 Å². The number of rotatable bonds is 1. The average Bonchev–Trinajstić information content (AvgIpc) is 2.92. The molecule has 9 heteroatoms. The van der Waals surface area contributed by atoms with Gasteiger partial charge in [0.2, 0.25) is 5.91 Å². The Balaban J connectivity index is 1.68. The van der Waals surface area contributed by atoms with Crippen molar-refractivity contribution in [3.05, 3.63) is 11.9 Å². The molecule has 4 N–H and O–H groups in total. The molecule has 3 saturated heterocycles. The van der Waals surface area contributed by atoms with E-state index >= 15 is 0 Å². The molecule has 152 valence electrons. The van der Waals surface area contributed by atoms with Gasteiger partial charge in [0, 0.05) is 12.6 Å². The van der Waals surface area contributed by atoms with Gasteiger partial charge in [-0.2, -0.15) is 5.01 Å². The quantitative estimate of drug-likeness (QED) is 0.517. The topological polar surface area (TPSA) is 79.9 Å². The summed E-state index contributed by atoms with van der Waals surface area (Å²) >= 11 is 1.65. The van der Waals surface area contributed by atoms with Gasteiger partial charge in [-0.3, -0.25) is 25.8 Å². The molecule has 6 atom stereocenters. The Morgan fingerprint density at radius 1 is 1.37 bits per heavy atom. The molecule has 3 fully saturated rings. The van der Waals surface area contributed by atoms with E-state index in [0.29, 0.717) is 19.4 Å². The van der Waals surface area contributed by atoms with Gasteiger partial charge in [-0.1, -0.05) is 6.08 Å². The number of aliphatic hydroxyl groups is 1. The monoisotopic (exact) mass is 399 g/mol. The van der Waals surface area contributed by atoms with Crippen molar-refractivity contribution in [2.45, 2.75) is 68.5 Å². The Hall–Kier alpha value is -0.710. The van der Waals surface area contributed by atoms with E-state index in [1.165, 1.54) is 6.08 Å². The van der Waals surface area contributed by atoms with Gasteiger partial charge >= 0.3 is 0 Å². The Bertz CT molecular complexity index is 619. The first kappa shape index (κ1) is 19.6. The van der Waals surface area contributed by atoms with E-state index < -0.39 is 5.60 Å². The van der Waals surface area contributed by atoms with E-state index in [0.717, 1.165) is 19.3 Å². The minimum Gasteiger partial charge on any atom is -0.389 e. The molecule has 0 saturated carbocycles. The summed E-state index contributed by atoms with van der Waals surface area (Å²) in [5.74, 6) is -0.599. The number of thioether (sulfide) groups is 1. The number of piperidine rings is 1. The van der Waals surface area contributed by atoms with Crippen LogP contribution in [0.4, 0.5) is 4.39 Å². The van der Waals surface area contributed by atoms with Crippen LogP contribution in [0.15, 0.2) is 11.9 Å². The Morgan fingerprint density at radius 3 is 2.96 bits per heavy atom. The lowest BCUT2D eigenvalue weighted by Crippen LogP contribution is -2.67. The third-order valence-electron chi connectivity index (χ3n) is 6.35. The lowest BCUT2D eigenvalue weighted by atomic mass is 9.85. The van der Waals surface area contributed by atoms with E-state index in [4.69, 9.17) is 0 Å². The molecule has 0 aliphatic carbocycles. The zero-order chi connectivity index (χ0) is 19.2. The number of halogens is 1. The number of fused-ring (bicyclic) bond motifs is 6. The van der Waals surface area contributed by atoms with Crippen molar-refractivity contribution in [3.63, 3.8) is 0 Å². The number of carbonyl (C=O) groups excluding carboxylic acids is 1. The number of allylic oxidation sites excluding steroid dienone is 1. The zero-order valence-electron chi connectivity index (χ0n) is 15.9. The maximum absolute atomic E-state index is 14.6. The highest BCUT2D eigenvalue weighted by Gasteiger charge is 2.53. The van der Waals surface area contributed by atoms with Crippen molar-refractivity contribution in [2.75, 3.05) is 19.3 Å². The molecule has 0 spiro atoms. The first-order valence-corrected chi connectivity index (χ1v) is 11.1. The minimum atomic E-state index is -0.906. The average molecular weight is 400 g/mol. The standard InChI is InChI=1S/C18H30FN5O2S/c1-18(26)8-4-5-11(19)10-23-16(25)12-9-20-17(27-2)22-15(12)24(23)14-7-3-6-13(18)21-14/h5,12-15,17,20-22,26H,3-4,6-10H2,1-2H3. The molecule has 4 heterocycles. The number of amides is 1. The van der Waals surface area contributed by atoms with Gasteiger partial charge in [-0.05, 0) is 45.3 Å². The molecule has 1 amide bonds. The molecule has 0 radical (unpaired) electrons. The second kappa shape index (κ2) is 7.61. The molecule has 0 aromatic heterocycles. The van der Waals surface area contributed by atoms with Crippen LogP contribution in [0.5, 0.6) is 0 Å². The van der Waals surface area contributed by atoms with Crippen LogP contribution in [-0.2, 0) is 4.79 Å². The predicted molar refractivity (Wildman–Crippen MR) is 103 cm³/mol. The fourth-order valence-electron chi connectivity index (χ4n) is 4.80. The van der Waals surface area contributed by atoms with Crippen LogP contribution in [0.2, 0.25) is 0 Å². The fourth-order valence-corrected chi connectivity index (χ4v) is 5.34. The molecule has 4 aliphatic rings. The zero-order valence-corrected chi connectivity index (χ0v) is 16.8. The van der Waals surface area contributed by atoms with Gasteiger partial charge < -0.3 is 5.11 Å². The molecule has 7 nitrogen and oxygen atoms in total. The summed E-state index contributed by atoms with van der Waals surface area (Å²) in [6.07, 6.45) is 6.94. The highest BCUT2D eigenvalue weighted by molar-refractivity contribution is 7.99. The van der Waals surface area contributed by atoms with Gasteiger partial charge in [0.1, 0.15) is 11.3 Å². The Kier molecular flexibility index (Phi) is 5.52. The van der Waals surface area contributed by atoms with E-state index in [-0.39, 0.29) is 48.1 Å². The molecule has 4 rings (SSSR count). The smallest absolute Gasteiger partial charge is 0.244 e. The van der Waals surface area contributed by atoms with Crippen LogP contribution >= 0.6 is 11.8 Å². The maximum Gasteiger partial charge on any atom is 0.244 e. The Labute approximate surface area is 164 Å². The molecular weight excluding hydrogens is 369 g/mol. The summed E-state index contributed by atoms with van der Waals surface area (Å²) in [4.78, 5) is 13.1. The molecule has 0 aromatic rings. The van der Waals surface area contributed by atoms with Crippen LogP contribution in [-0.4, -0.2) is 69.8 Å². The number of hydrogen-bond donors (Lipinski definition) is 4. The summed E-state index contributed by atoms with van der Waals surface area (Å²) in [7, 11) is 0. The van der Waals surface area contributed by atoms with Crippen molar-refractivity contribution in [1.82, 2.24) is 26.0 Å². The lowest BCUT2D eigenvalue weighted by molar-refractivity contribution is -0.147. The van der Waals surface area contributed by atoms with Crippen LogP contribution in [0.25, 0.3) is 0 Å². The van der Waals surface area contributed by atoms with Crippen molar-refractivity contribution < 1.29 is 14.3 Å². The number of hydrogen-bond acceptors (Lipinski definition) is 7. The predicted octanol–water partition coefficient (Wildman–Crippen LogP) is 0.694. The molecule has 2 bridgehead atoms. The van der Waals surface area contributed by atoms with Crippen LogP contribution in [0.1, 0.15) is 39.0 Å². The van der Waals surface area contributed by atoms with Gasteiger partial charge in [-0.25, -0.2) is 4.39 Å². The van der Waals surface area contributed by atoms with Crippen molar-refractivity contribution in [1.29, 1.82) is 0 Å². The summed E-state index contributed by atoms with van der Waals surface area (Å²) < 4.78 is 14.6. The first-order valence-electron chi connectivity index (χ1n) is 9.85. The van der Waals surface area contributed by atoms with Crippen molar-refractivity contribution >= 4 is 17.7 Å². The summed E-state index contributed by atoms with van der Waals surface area (Å²) in [6.45, 7) is 2.37. The van der Waals surface area contributed by atoms with E-state index in [2.05, 4.69) is 16.0 Å². The second-order valence-corrected chi connectivity index (χ2v) is 9.17. The number of nitrogens with one attached hydrogen (secondary N) is 3. The molecule has 0 aromatic carbocycles. The van der Waals surface area contributed by atoms with Crippen LogP contribution in [0.3, 0.4) is 0 Å². The fraction of sp³-hybridized carbons (Fsp3) is 0.833. The third kappa shape index (κ3) is 3.65. The van der Waals surface area contributed by atoms with E-state index in [9.17, 15) is 14.3 Å². The molecule has 6 unspecified atom stereocenters. The third-order valence-corrected chi connectivity index (χ3v) is 7.12. The van der Waals surface area contributed by atoms with Crippen molar-refractivity contribution in [2.24, 2.45) is 5.92 Å². The molecule has 27 heavy (non-hydrogen) atoms. The SMILES string of the molecule is CSC1NCC2C(=O)N3CC(F)=CCCC(C)(O)C4CCCC(N4)N3C2N1. The highest BCUT2D eigenvalue weighted by Crippen LogP contribution is 2.35. The summed E-state index contributed by atoms with van der Waals surface area (Å²) in [5.41, 5.74) is -0.850. The maximum atomic E-state index is 14.6. The summed E-state index contributed by atoms with van der Waals surface area (Å²) in [6, 6.07) is -0.0696. The second-order valence-electron chi connectivity index (χ2n) is 8.23. The van der Waals surface area contributed by atoms with Gasteiger partial charge in [0.15, 0.2) is 0 Å². The van der Waals surface area contributed by atoms with Crippen molar-refractivity contribution in [3.8, 4) is 0 Å². The number of nitrogens with zero attached hydrogens (tertiary/aromatic N) is 2. The molecular formula is C18H30FN5O2S. The summed E-state index contributed by atoms with van der Waals surface area (Å²) in [5, 5.41) is 25.0. The van der Waals surface area contributed by atoms with Crippen LogP contribution < -0.4 is 16.0 Å². The lowest BCUT2D eigenvalue weighted by Gasteiger charge is -2.47. The van der Waals surface area contributed by atoms with Gasteiger partial charge in [0.05, 0.1) is 30.4 Å². The number of carbonyl (C=O) groups is 1. The minimum absolute atomic E-state index is 0.0392. The highest BCUT2D eigenvalue weighted by atomic mass is 32.2. The molecule has 4 aliphatic heterocycles. The van der Waals surface area contributed by atoms with E-state index in [1.54, 1.807) is 16.8 Å². The Morgan fingerprint density at radius 2 is 2.19 bits per heavy atom.